The van der Waals surface area contributed by atoms with Gasteiger partial charge in [0.25, 0.3) is 0 Å². The first-order valence-corrected chi connectivity index (χ1v) is 32.6. The van der Waals surface area contributed by atoms with Crippen molar-refractivity contribution in [3.63, 3.8) is 0 Å². The zero-order valence-corrected chi connectivity index (χ0v) is 49.6. The molecule has 0 saturated heterocycles. The van der Waals surface area contributed by atoms with Gasteiger partial charge >= 0.3 is 17.9 Å². The zero-order valence-electron chi connectivity index (χ0n) is 49.6. The molecule has 1 atom stereocenters. The van der Waals surface area contributed by atoms with E-state index in [0.717, 1.165) is 83.5 Å². The fraction of sp³-hybridized carbons (Fsp3) is 0.838. The fourth-order valence-corrected chi connectivity index (χ4v) is 9.62. The molecule has 0 bridgehead atoms. The van der Waals surface area contributed by atoms with E-state index < -0.39 is 6.10 Å². The Kier molecular flexibility index (Phi) is 60.7. The molecule has 0 aliphatic rings. The smallest absolute Gasteiger partial charge is 0.306 e. The number of esters is 3. The third-order valence-corrected chi connectivity index (χ3v) is 14.6. The molecule has 74 heavy (non-hydrogen) atoms. The van der Waals surface area contributed by atoms with Crippen LogP contribution in [0.4, 0.5) is 0 Å². The monoisotopic (exact) mass is 1040 g/mol. The molecule has 0 radical (unpaired) electrons. The fourth-order valence-electron chi connectivity index (χ4n) is 9.62. The first-order valence-electron chi connectivity index (χ1n) is 32.6. The quantitative estimate of drug-likeness (QED) is 0.0261. The number of hydrogen-bond acceptors (Lipinski definition) is 6. The van der Waals surface area contributed by atoms with E-state index in [2.05, 4.69) is 69.4 Å². The Bertz CT molecular complexity index is 1280. The molecule has 0 aliphatic carbocycles. The summed E-state index contributed by atoms with van der Waals surface area (Å²) < 4.78 is 16.9. The zero-order chi connectivity index (χ0) is 53.6. The van der Waals surface area contributed by atoms with Gasteiger partial charge in [-0.15, -0.1) is 0 Å². The van der Waals surface area contributed by atoms with Crippen LogP contribution >= 0.6 is 0 Å². The minimum atomic E-state index is -0.777. The molecule has 0 heterocycles. The van der Waals surface area contributed by atoms with Crippen LogP contribution in [0.5, 0.6) is 0 Å². The van der Waals surface area contributed by atoms with Crippen molar-refractivity contribution in [2.75, 3.05) is 13.2 Å². The van der Waals surface area contributed by atoms with Gasteiger partial charge in [-0.05, 0) is 83.5 Å². The molecule has 0 aliphatic heterocycles. The highest BCUT2D eigenvalue weighted by atomic mass is 16.6. The van der Waals surface area contributed by atoms with Crippen LogP contribution in [0.1, 0.15) is 348 Å². The van der Waals surface area contributed by atoms with Gasteiger partial charge < -0.3 is 14.2 Å². The van der Waals surface area contributed by atoms with Crippen LogP contribution < -0.4 is 0 Å². The van der Waals surface area contributed by atoms with Crippen molar-refractivity contribution in [3.8, 4) is 0 Å². The second-order valence-electron chi connectivity index (χ2n) is 22.0. The van der Waals surface area contributed by atoms with E-state index in [-0.39, 0.29) is 31.1 Å². The number of hydrogen-bond donors (Lipinski definition) is 0. The summed E-state index contributed by atoms with van der Waals surface area (Å²) in [6.45, 7) is 6.65. The minimum absolute atomic E-state index is 0.0741. The van der Waals surface area contributed by atoms with Gasteiger partial charge in [0.05, 0.1) is 0 Å². The SMILES string of the molecule is CCCCC/C=C\C/C=C\CCCCCCCC(=O)OCC(COC(=O)CCCCCCCCCCCCCCC/C=C\C/C=C\CCCCCCC)OC(=O)CCCCCCCCCCCCCCCCCC. The molecule has 0 aromatic carbocycles. The molecule has 0 aromatic heterocycles. The Labute approximate surface area is 460 Å². The predicted octanol–water partition coefficient (Wildman–Crippen LogP) is 22.2. The van der Waals surface area contributed by atoms with E-state index in [9.17, 15) is 14.4 Å². The summed E-state index contributed by atoms with van der Waals surface area (Å²) in [6, 6.07) is 0. The number of unbranched alkanes of at least 4 members (excludes halogenated alkanes) is 41. The van der Waals surface area contributed by atoms with Crippen molar-refractivity contribution >= 4 is 17.9 Å². The van der Waals surface area contributed by atoms with Crippen molar-refractivity contribution < 1.29 is 28.6 Å². The van der Waals surface area contributed by atoms with Crippen LogP contribution in [0.25, 0.3) is 0 Å². The van der Waals surface area contributed by atoms with E-state index >= 15 is 0 Å². The van der Waals surface area contributed by atoms with Gasteiger partial charge in [-0.3, -0.25) is 14.4 Å². The van der Waals surface area contributed by atoms with E-state index in [1.54, 1.807) is 0 Å². The maximum Gasteiger partial charge on any atom is 0.306 e. The third kappa shape index (κ3) is 60.2. The Morgan fingerprint density at radius 3 is 0.770 bits per heavy atom. The highest BCUT2D eigenvalue weighted by Gasteiger charge is 2.19. The maximum atomic E-state index is 12.9. The highest BCUT2D eigenvalue weighted by molar-refractivity contribution is 5.71. The normalized spacial score (nSPS) is 12.3. The molecule has 0 amide bonds. The first kappa shape index (κ1) is 71.4. The number of rotatable bonds is 60. The van der Waals surface area contributed by atoms with Crippen molar-refractivity contribution in [3.05, 3.63) is 48.6 Å². The minimum Gasteiger partial charge on any atom is -0.462 e. The lowest BCUT2D eigenvalue weighted by Gasteiger charge is -2.18. The number of ether oxygens (including phenoxy) is 3. The van der Waals surface area contributed by atoms with E-state index in [0.29, 0.717) is 19.3 Å². The lowest BCUT2D eigenvalue weighted by Crippen LogP contribution is -2.30. The van der Waals surface area contributed by atoms with Crippen LogP contribution in [-0.2, 0) is 28.6 Å². The van der Waals surface area contributed by atoms with Crippen molar-refractivity contribution in [1.29, 1.82) is 0 Å². The molecule has 432 valence electrons. The average Bonchev–Trinajstić information content (AvgIpc) is 3.40. The lowest BCUT2D eigenvalue weighted by molar-refractivity contribution is -0.167. The van der Waals surface area contributed by atoms with Gasteiger partial charge in [0.2, 0.25) is 0 Å². The molecule has 6 nitrogen and oxygen atoms in total. The molecule has 0 aromatic rings. The number of allylic oxidation sites excluding steroid dienone is 8. The first-order chi connectivity index (χ1) is 36.5. The van der Waals surface area contributed by atoms with Gasteiger partial charge in [-0.1, -0.05) is 294 Å². The van der Waals surface area contributed by atoms with Crippen LogP contribution in [0.2, 0.25) is 0 Å². The van der Waals surface area contributed by atoms with Gasteiger partial charge in [0, 0.05) is 19.3 Å². The second kappa shape index (κ2) is 62.9. The molecule has 0 spiro atoms. The molecular weight excluding hydrogens is 913 g/mol. The molecular formula is C68H124O6. The summed E-state index contributed by atoms with van der Waals surface area (Å²) in [5.74, 6) is -0.867. The van der Waals surface area contributed by atoms with E-state index in [1.165, 1.54) is 225 Å². The summed E-state index contributed by atoms with van der Waals surface area (Å²) in [5.41, 5.74) is 0. The standard InChI is InChI=1S/C68H124O6/c1-4-7-10-13-16-19-22-25-28-30-31-32-33-34-35-36-37-38-41-43-46-49-52-55-58-61-67(70)73-64-65(63-72-66(69)60-57-54-51-48-45-42-39-27-24-21-18-15-12-9-6-3)74-68(71)62-59-56-53-50-47-44-40-29-26-23-20-17-14-11-8-5-2/h18,21-22,25,27,30-31,39,65H,4-17,19-20,23-24,26,28-29,32-38,40-64H2,1-3H3/b21-18-,25-22-,31-30-,39-27-. The third-order valence-electron chi connectivity index (χ3n) is 14.6. The highest BCUT2D eigenvalue weighted by Crippen LogP contribution is 2.17. The predicted molar refractivity (Wildman–Crippen MR) is 321 cm³/mol. The van der Waals surface area contributed by atoms with Crippen LogP contribution in [0, 0.1) is 0 Å². The number of carbonyl (C=O) groups is 3. The van der Waals surface area contributed by atoms with Crippen LogP contribution in [-0.4, -0.2) is 37.2 Å². The Hall–Kier alpha value is -2.63. The van der Waals surface area contributed by atoms with Crippen LogP contribution in [0.15, 0.2) is 48.6 Å². The van der Waals surface area contributed by atoms with Gasteiger partial charge in [0.1, 0.15) is 13.2 Å². The van der Waals surface area contributed by atoms with E-state index in [4.69, 9.17) is 14.2 Å². The summed E-state index contributed by atoms with van der Waals surface area (Å²) in [7, 11) is 0. The maximum absolute atomic E-state index is 12.9. The Morgan fingerprint density at radius 1 is 0.270 bits per heavy atom. The summed E-state index contributed by atoms with van der Waals surface area (Å²) in [6.07, 6.45) is 78.3. The molecule has 1 unspecified atom stereocenters. The van der Waals surface area contributed by atoms with Gasteiger partial charge in [0.15, 0.2) is 6.10 Å². The lowest BCUT2D eigenvalue weighted by atomic mass is 10.0. The van der Waals surface area contributed by atoms with Gasteiger partial charge in [-0.2, -0.15) is 0 Å². The summed E-state index contributed by atoms with van der Waals surface area (Å²) >= 11 is 0. The summed E-state index contributed by atoms with van der Waals surface area (Å²) in [5, 5.41) is 0. The van der Waals surface area contributed by atoms with Crippen molar-refractivity contribution in [2.45, 2.75) is 354 Å². The molecule has 0 N–H and O–H groups in total. The van der Waals surface area contributed by atoms with Gasteiger partial charge in [-0.25, -0.2) is 0 Å². The number of carbonyl (C=O) groups excluding carboxylic acids is 3. The second-order valence-corrected chi connectivity index (χ2v) is 22.0. The molecule has 0 rings (SSSR count). The Balaban J connectivity index is 4.28. The van der Waals surface area contributed by atoms with Crippen molar-refractivity contribution in [1.82, 2.24) is 0 Å². The van der Waals surface area contributed by atoms with E-state index in [1.807, 2.05) is 0 Å². The topological polar surface area (TPSA) is 78.9 Å². The van der Waals surface area contributed by atoms with Crippen molar-refractivity contribution in [2.24, 2.45) is 0 Å². The average molecular weight is 1040 g/mol. The van der Waals surface area contributed by atoms with Crippen LogP contribution in [0.3, 0.4) is 0 Å². The molecule has 0 fully saturated rings. The molecule has 0 saturated carbocycles. The largest absolute Gasteiger partial charge is 0.462 e. The molecule has 6 heteroatoms. The Morgan fingerprint density at radius 2 is 0.486 bits per heavy atom. The summed E-state index contributed by atoms with van der Waals surface area (Å²) in [4.78, 5) is 38.3.